The highest BCUT2D eigenvalue weighted by atomic mass is 16.4. The number of hydrogen-bond acceptors (Lipinski definition) is 3. The molecule has 0 aromatic heterocycles. The van der Waals surface area contributed by atoms with E-state index in [2.05, 4.69) is 57.5 Å². The van der Waals surface area contributed by atoms with Crippen molar-refractivity contribution in [1.29, 1.82) is 0 Å². The molecular weight excluding hydrogens is 604 g/mol. The molecule has 2 N–H and O–H groups in total. The van der Waals surface area contributed by atoms with Crippen molar-refractivity contribution in [2.45, 2.75) is 125 Å². The van der Waals surface area contributed by atoms with E-state index in [9.17, 15) is 14.7 Å². The van der Waals surface area contributed by atoms with Gasteiger partial charge in [0.1, 0.15) is 0 Å². The summed E-state index contributed by atoms with van der Waals surface area (Å²) in [4.78, 5) is 26.6. The number of piperidine rings is 1. The molecule has 1 aromatic carbocycles. The predicted molar refractivity (Wildman–Crippen MR) is 201 cm³/mol. The fraction of sp³-hybridized carbons (Fsp3) is 0.727. The topological polar surface area (TPSA) is 69.6 Å². The predicted octanol–water partition coefficient (Wildman–Crippen LogP) is 10.0. The lowest BCUT2D eigenvalue weighted by molar-refractivity contribution is -0.222. The van der Waals surface area contributed by atoms with Crippen molar-refractivity contribution >= 4 is 17.4 Å². The van der Waals surface area contributed by atoms with Gasteiger partial charge in [-0.1, -0.05) is 65.3 Å². The first kappa shape index (κ1) is 36.4. The summed E-state index contributed by atoms with van der Waals surface area (Å²) in [7, 11) is 0. The Morgan fingerprint density at radius 3 is 2.22 bits per heavy atom. The van der Waals surface area contributed by atoms with Crippen LogP contribution in [0.3, 0.4) is 0 Å². The Hall–Kier alpha value is -2.40. The Kier molecular flexibility index (Phi) is 10.1. The van der Waals surface area contributed by atoms with Crippen LogP contribution in [0.25, 0.3) is 5.57 Å². The highest BCUT2D eigenvalue weighted by molar-refractivity contribution is 5.88. The zero-order valence-corrected chi connectivity index (χ0v) is 31.7. The van der Waals surface area contributed by atoms with Crippen molar-refractivity contribution in [2.75, 3.05) is 26.2 Å². The number of benzene rings is 1. The van der Waals surface area contributed by atoms with Crippen LogP contribution in [0.2, 0.25) is 0 Å². The van der Waals surface area contributed by atoms with E-state index in [0.717, 1.165) is 56.7 Å². The summed E-state index contributed by atoms with van der Waals surface area (Å²) in [5.74, 6) is 2.38. The lowest BCUT2D eigenvalue weighted by atomic mass is 9.32. The van der Waals surface area contributed by atoms with Crippen LogP contribution in [0, 0.1) is 50.7 Å². The number of hydrogen-bond donors (Lipinski definition) is 2. The fourth-order valence-corrected chi connectivity index (χ4v) is 13.6. The molecule has 7 unspecified atom stereocenters. The van der Waals surface area contributed by atoms with E-state index in [4.69, 9.17) is 0 Å². The molecule has 4 saturated carbocycles. The minimum Gasteiger partial charge on any atom is -0.478 e. The smallest absolute Gasteiger partial charge is 0.335 e. The molecule has 7 rings (SSSR count). The van der Waals surface area contributed by atoms with Crippen LogP contribution < -0.4 is 5.32 Å². The maximum absolute atomic E-state index is 13.0. The van der Waals surface area contributed by atoms with E-state index in [0.29, 0.717) is 40.2 Å². The first-order valence-corrected chi connectivity index (χ1v) is 19.9. The quantitative estimate of drug-likeness (QED) is 0.296. The lowest BCUT2D eigenvalue weighted by Gasteiger charge is -2.72. The van der Waals surface area contributed by atoms with E-state index < -0.39 is 5.97 Å². The zero-order chi connectivity index (χ0) is 35.2. The summed E-state index contributed by atoms with van der Waals surface area (Å²) in [6.45, 7) is 21.7. The molecule has 5 aliphatic carbocycles. The Bertz CT molecular complexity index is 1420. The van der Waals surface area contributed by atoms with Gasteiger partial charge in [0.05, 0.1) is 12.1 Å². The molecule has 49 heavy (non-hydrogen) atoms. The van der Waals surface area contributed by atoms with Crippen molar-refractivity contribution in [3.05, 3.63) is 54.1 Å². The van der Waals surface area contributed by atoms with Gasteiger partial charge in [-0.15, -0.1) is 6.58 Å². The average Bonchev–Trinajstić information content (AvgIpc) is 3.50. The number of carbonyl (C=O) groups is 2. The largest absolute Gasteiger partial charge is 0.478 e. The van der Waals surface area contributed by atoms with Gasteiger partial charge in [0, 0.05) is 19.6 Å². The number of likely N-dealkylation sites (tertiary alicyclic amines) is 1. The zero-order valence-electron chi connectivity index (χ0n) is 31.7. The molecule has 6 aliphatic rings. The number of carboxylic acids is 1. The molecule has 0 radical (unpaired) electrons. The number of fused-ring (bicyclic) bond motifs is 7. The SMILES string of the molecule is C=CC.CC1(C)C(c2ccc(C(=O)O)cc2)=CCC2(C)C1CCC1(C)C2CCC2C3CCCC3(CNCC(=O)N3CCCCC3)CC[C@]21C. The van der Waals surface area contributed by atoms with Crippen molar-refractivity contribution in [1.82, 2.24) is 10.2 Å². The van der Waals surface area contributed by atoms with Crippen molar-refractivity contribution in [3.63, 3.8) is 0 Å². The number of allylic oxidation sites excluding steroid dienone is 3. The van der Waals surface area contributed by atoms with Crippen LogP contribution in [0.4, 0.5) is 0 Å². The van der Waals surface area contributed by atoms with Crippen LogP contribution in [0.1, 0.15) is 141 Å². The van der Waals surface area contributed by atoms with Gasteiger partial charge in [0.2, 0.25) is 5.91 Å². The van der Waals surface area contributed by atoms with E-state index >= 15 is 0 Å². The highest BCUT2D eigenvalue weighted by Crippen LogP contribution is 2.77. The summed E-state index contributed by atoms with van der Waals surface area (Å²) in [6.07, 6.45) is 21.1. The molecule has 0 spiro atoms. The molecule has 1 aliphatic heterocycles. The molecule has 0 bridgehead atoms. The van der Waals surface area contributed by atoms with Gasteiger partial charge in [-0.25, -0.2) is 4.79 Å². The summed E-state index contributed by atoms with van der Waals surface area (Å²) in [6, 6.07) is 7.62. The van der Waals surface area contributed by atoms with Crippen molar-refractivity contribution in [2.24, 2.45) is 50.7 Å². The summed E-state index contributed by atoms with van der Waals surface area (Å²) in [5.41, 5.74) is 4.37. The molecule has 5 heteroatoms. The third kappa shape index (κ3) is 5.96. The highest BCUT2D eigenvalue weighted by Gasteiger charge is 2.69. The lowest BCUT2D eigenvalue weighted by Crippen LogP contribution is -2.65. The minimum absolute atomic E-state index is 0.0430. The second-order valence-corrected chi connectivity index (χ2v) is 18.4. The molecule has 8 atom stereocenters. The van der Waals surface area contributed by atoms with Crippen molar-refractivity contribution in [3.8, 4) is 0 Å². The Balaban J connectivity index is 0.00000134. The number of amides is 1. The third-order valence-electron chi connectivity index (χ3n) is 16.0. The minimum atomic E-state index is -0.858. The maximum Gasteiger partial charge on any atom is 0.335 e. The number of rotatable bonds is 6. The fourth-order valence-electron chi connectivity index (χ4n) is 13.6. The van der Waals surface area contributed by atoms with Gasteiger partial charge >= 0.3 is 5.97 Å². The first-order chi connectivity index (χ1) is 23.3. The monoisotopic (exact) mass is 671 g/mol. The van der Waals surface area contributed by atoms with Crippen LogP contribution in [0.5, 0.6) is 0 Å². The van der Waals surface area contributed by atoms with Gasteiger partial charge in [-0.05, 0) is 158 Å². The Morgan fingerprint density at radius 1 is 0.857 bits per heavy atom. The third-order valence-corrected chi connectivity index (χ3v) is 16.0. The number of carbonyl (C=O) groups excluding carboxylic acids is 1. The van der Waals surface area contributed by atoms with Gasteiger partial charge in [-0.3, -0.25) is 4.79 Å². The van der Waals surface area contributed by atoms with E-state index in [1.807, 2.05) is 19.1 Å². The van der Waals surface area contributed by atoms with Crippen molar-refractivity contribution < 1.29 is 14.7 Å². The molecule has 1 heterocycles. The van der Waals surface area contributed by atoms with E-state index in [-0.39, 0.29) is 10.8 Å². The normalized spacial score (nSPS) is 39.1. The average molecular weight is 671 g/mol. The van der Waals surface area contributed by atoms with E-state index in [1.165, 1.54) is 75.3 Å². The molecule has 1 aromatic rings. The number of carboxylic acid groups (broad SMARTS) is 1. The van der Waals surface area contributed by atoms with Crippen LogP contribution in [0.15, 0.2) is 43.0 Å². The standard InChI is InChI=1S/C41H60N2O3.C3H6/c1-37(2)30(28-11-13-29(14-12-28)36(45)46)17-20-38(3)33(37)18-21-40(5)34(38)16-15-31-32-10-9-19-41(32,23-22-39(31,40)4)27-42-26-35(44)43-24-7-6-8-25-43;1-3-2/h11-14,17,31-34,42H,6-10,15-16,18-27H2,1-5H3,(H,45,46);3H,1H2,2H3/t31?,32?,33?,34?,38?,39-,40?,41?;/m1./s1. The van der Waals surface area contributed by atoms with E-state index in [1.54, 1.807) is 18.2 Å². The maximum atomic E-state index is 13.0. The molecule has 5 fully saturated rings. The Morgan fingerprint density at radius 2 is 1.55 bits per heavy atom. The summed E-state index contributed by atoms with van der Waals surface area (Å²) >= 11 is 0. The van der Waals surface area contributed by atoms with Gasteiger partial charge in [0.15, 0.2) is 0 Å². The summed E-state index contributed by atoms with van der Waals surface area (Å²) < 4.78 is 0. The molecule has 5 nitrogen and oxygen atoms in total. The molecule has 1 saturated heterocycles. The second-order valence-electron chi connectivity index (χ2n) is 18.4. The van der Waals surface area contributed by atoms with Gasteiger partial charge < -0.3 is 15.3 Å². The van der Waals surface area contributed by atoms with Crippen LogP contribution in [-0.2, 0) is 4.79 Å². The molecular formula is C44H66N2O3. The Labute approximate surface area is 297 Å². The molecule has 1 amide bonds. The van der Waals surface area contributed by atoms with Gasteiger partial charge in [0.25, 0.3) is 0 Å². The summed E-state index contributed by atoms with van der Waals surface area (Å²) in [5, 5.41) is 13.2. The van der Waals surface area contributed by atoms with Gasteiger partial charge in [-0.2, -0.15) is 0 Å². The van der Waals surface area contributed by atoms with Crippen LogP contribution in [-0.4, -0.2) is 48.1 Å². The second kappa shape index (κ2) is 13.6. The first-order valence-electron chi connectivity index (χ1n) is 19.9. The number of aromatic carboxylic acids is 1. The number of nitrogens with one attached hydrogen (secondary N) is 1. The number of nitrogens with zero attached hydrogens (tertiary/aromatic N) is 1. The molecule has 270 valence electrons. The van der Waals surface area contributed by atoms with Crippen LogP contribution >= 0.6 is 0 Å².